The molecule has 1 aromatic heterocycles. The van der Waals surface area contributed by atoms with Crippen LogP contribution >= 0.6 is 21.6 Å². The third kappa shape index (κ3) is 26.4. The van der Waals surface area contributed by atoms with Crippen molar-refractivity contribution in [3.05, 3.63) is 114 Å². The number of H-pyrrole nitrogens is 1. The molecule has 0 bridgehead atoms. The minimum Gasteiger partial charge on any atom is -0.510 e. The molecule has 0 spiro atoms. The van der Waals surface area contributed by atoms with Crippen LogP contribution < -0.4 is 48.3 Å². The number of carboxylic acids is 4. The third-order valence-corrected chi connectivity index (χ3v) is 18.8. The second-order valence-corrected chi connectivity index (χ2v) is 26.7. The zero-order valence-corrected chi connectivity index (χ0v) is 56.7. The molecule has 33 nitrogen and oxygen atoms in total. The fraction of sp³-hybridized carbons (Fsp3) is 0.477. The van der Waals surface area contributed by atoms with E-state index in [0.29, 0.717) is 34.0 Å². The van der Waals surface area contributed by atoms with E-state index in [2.05, 4.69) is 54.1 Å². The number of carbonyl (C=O) groups excluding carboxylic acids is 8. The molecule has 0 radical (unpaired) electrons. The molecule has 100 heavy (non-hydrogen) atoms. The van der Waals surface area contributed by atoms with Crippen LogP contribution in [0.25, 0.3) is 10.9 Å². The number of hydrogen-bond donors (Lipinski definition) is 17. The molecule has 0 aliphatic carbocycles. The van der Waals surface area contributed by atoms with Crippen LogP contribution in [0.1, 0.15) is 42.9 Å². The van der Waals surface area contributed by atoms with Crippen molar-refractivity contribution in [3.63, 3.8) is 0 Å². The molecule has 0 saturated carbocycles. The molecule has 544 valence electrons. The van der Waals surface area contributed by atoms with Gasteiger partial charge < -0.3 is 89.0 Å². The van der Waals surface area contributed by atoms with Gasteiger partial charge >= 0.3 is 23.9 Å². The number of nitrogens with two attached hydrogens (primary N) is 1. The Morgan fingerprint density at radius 2 is 1.12 bits per heavy atom. The summed E-state index contributed by atoms with van der Waals surface area (Å²) < 4.78 is 0. The van der Waals surface area contributed by atoms with Crippen molar-refractivity contribution in [2.45, 2.75) is 99.9 Å². The van der Waals surface area contributed by atoms with Gasteiger partial charge in [-0.25, -0.2) is 4.79 Å². The summed E-state index contributed by atoms with van der Waals surface area (Å²) >= 11 is 0. The summed E-state index contributed by atoms with van der Waals surface area (Å²) in [7, 11) is 1.62. The Morgan fingerprint density at radius 3 is 1.67 bits per heavy atom. The Balaban J connectivity index is 1.41. The first-order valence-electron chi connectivity index (χ1n) is 32.2. The Hall–Kier alpha value is -9.36. The second-order valence-electron chi connectivity index (χ2n) is 24.2. The summed E-state index contributed by atoms with van der Waals surface area (Å²) in [6.07, 6.45) is -0.356. The average molecular weight is 1430 g/mol. The highest BCUT2D eigenvalue weighted by molar-refractivity contribution is 8.76. The fourth-order valence-corrected chi connectivity index (χ4v) is 13.3. The first-order valence-corrected chi connectivity index (χ1v) is 34.7. The van der Waals surface area contributed by atoms with Gasteiger partial charge in [0, 0.05) is 100 Å². The highest BCUT2D eigenvalue weighted by Crippen LogP contribution is 2.25. The second kappa shape index (κ2) is 40.0. The summed E-state index contributed by atoms with van der Waals surface area (Å²) in [5.74, 6) is -15.3. The maximum atomic E-state index is 15.3. The van der Waals surface area contributed by atoms with Gasteiger partial charge in [-0.15, -0.1) is 0 Å². The number of aliphatic hydroxyl groups is 2. The molecule has 2 aliphatic heterocycles. The summed E-state index contributed by atoms with van der Waals surface area (Å²) in [4.78, 5) is 175. The Morgan fingerprint density at radius 1 is 0.600 bits per heavy atom. The van der Waals surface area contributed by atoms with Gasteiger partial charge in [-0.2, -0.15) is 0 Å². The normalized spacial score (nSPS) is 21.5. The van der Waals surface area contributed by atoms with Crippen LogP contribution in [0.2, 0.25) is 0 Å². The number of aromatic nitrogens is 1. The molecule has 9 atom stereocenters. The summed E-state index contributed by atoms with van der Waals surface area (Å²) in [5.41, 5.74) is 7.92. The van der Waals surface area contributed by atoms with E-state index in [-0.39, 0.29) is 103 Å². The molecule has 2 fully saturated rings. The molecular formula is C65H88N14O19S2. The van der Waals surface area contributed by atoms with Gasteiger partial charge in [0.05, 0.1) is 32.3 Å². The number of amides is 8. The van der Waals surface area contributed by atoms with E-state index in [0.717, 1.165) is 28.5 Å². The number of para-hydroxylation sites is 1. The van der Waals surface area contributed by atoms with E-state index >= 15 is 14.4 Å². The van der Waals surface area contributed by atoms with Gasteiger partial charge in [0.15, 0.2) is 12.1 Å². The Kier molecular flexibility index (Phi) is 31.9. The van der Waals surface area contributed by atoms with Crippen LogP contribution in [0.3, 0.4) is 0 Å². The summed E-state index contributed by atoms with van der Waals surface area (Å²) in [5, 5.41) is 91.9. The molecule has 8 amide bonds. The monoisotopic (exact) mass is 1430 g/mol. The number of phenols is 1. The van der Waals surface area contributed by atoms with Crippen LogP contribution in [0, 0.1) is 0 Å². The van der Waals surface area contributed by atoms with E-state index in [1.54, 1.807) is 80.4 Å². The van der Waals surface area contributed by atoms with E-state index < -0.39 is 162 Å². The number of carbonyl (C=O) groups is 12. The van der Waals surface area contributed by atoms with E-state index in [1.807, 2.05) is 0 Å². The fourth-order valence-electron chi connectivity index (χ4n) is 11.0. The number of aromatic amines is 1. The minimum absolute atomic E-state index is 0.0388. The number of nitrogens with zero attached hydrogens (tertiary/aromatic N) is 4. The van der Waals surface area contributed by atoms with Crippen molar-refractivity contribution in [1.82, 2.24) is 67.1 Å². The molecule has 2 saturated heterocycles. The first-order chi connectivity index (χ1) is 47.7. The molecule has 3 aromatic carbocycles. The van der Waals surface area contributed by atoms with E-state index in [1.165, 1.54) is 24.3 Å². The van der Waals surface area contributed by atoms with Crippen LogP contribution in [0.5, 0.6) is 5.75 Å². The number of benzene rings is 3. The maximum absolute atomic E-state index is 15.3. The van der Waals surface area contributed by atoms with Crippen molar-refractivity contribution in [1.29, 1.82) is 0 Å². The number of aromatic hydroxyl groups is 1. The van der Waals surface area contributed by atoms with Crippen LogP contribution in [0.15, 0.2) is 97.4 Å². The number of fused-ring (bicyclic) bond motifs is 1. The number of unbranched alkanes of at least 4 members (excludes halogenated alkanes) is 1. The topological polar surface area (TPSA) is 497 Å². The molecule has 3 heterocycles. The van der Waals surface area contributed by atoms with Crippen LogP contribution in [0.4, 0.5) is 0 Å². The summed E-state index contributed by atoms with van der Waals surface area (Å²) in [6.45, 7) is 3.61. The quantitative estimate of drug-likeness (QED) is 0.0173. The number of aliphatic carboxylic acids is 4. The lowest BCUT2D eigenvalue weighted by Gasteiger charge is -2.33. The predicted octanol–water partition coefficient (Wildman–Crippen LogP) is -2.68. The van der Waals surface area contributed by atoms with Gasteiger partial charge in [0.25, 0.3) is 5.91 Å². The Bertz CT molecular complexity index is 3470. The van der Waals surface area contributed by atoms with Gasteiger partial charge in [0.2, 0.25) is 41.4 Å². The van der Waals surface area contributed by atoms with Crippen molar-refractivity contribution in [2.75, 3.05) is 96.6 Å². The van der Waals surface area contributed by atoms with Crippen molar-refractivity contribution < 1.29 is 93.3 Å². The number of nitrogens with one attached hydrogen (secondary N) is 9. The average Bonchev–Trinajstić information content (AvgIpc) is 1.54. The molecular weight excluding hydrogens is 1340 g/mol. The zero-order valence-electron chi connectivity index (χ0n) is 55.0. The van der Waals surface area contributed by atoms with Gasteiger partial charge in [-0.1, -0.05) is 88.8 Å². The number of aliphatic hydroxyl groups excluding tert-OH is 2. The lowest BCUT2D eigenvalue weighted by atomic mass is 10.0. The predicted molar refractivity (Wildman–Crippen MR) is 367 cm³/mol. The van der Waals surface area contributed by atoms with E-state index in [4.69, 9.17) is 5.73 Å². The van der Waals surface area contributed by atoms with E-state index in [9.17, 15) is 78.9 Å². The molecule has 18 N–H and O–H groups in total. The maximum Gasteiger partial charge on any atom is 0.328 e. The highest BCUT2D eigenvalue weighted by Gasteiger charge is 2.38. The minimum atomic E-state index is -2.04. The van der Waals surface area contributed by atoms with Crippen molar-refractivity contribution >= 4 is 104 Å². The molecule has 6 rings (SSSR count). The smallest absolute Gasteiger partial charge is 0.328 e. The Labute approximate surface area is 583 Å². The zero-order chi connectivity index (χ0) is 73.0. The molecule has 35 heteroatoms. The summed E-state index contributed by atoms with van der Waals surface area (Å²) in [6, 6.07) is 7.51. The number of rotatable bonds is 26. The van der Waals surface area contributed by atoms with Crippen LogP contribution in [-0.4, -0.2) is 282 Å². The lowest BCUT2D eigenvalue weighted by Crippen LogP contribution is -2.61. The molecule has 4 aromatic rings. The highest BCUT2D eigenvalue weighted by atomic mass is 33.1. The van der Waals surface area contributed by atoms with Crippen molar-refractivity contribution in [3.8, 4) is 5.75 Å². The van der Waals surface area contributed by atoms with Gasteiger partial charge in [0.1, 0.15) is 47.8 Å². The molecule has 2 aliphatic rings. The van der Waals surface area contributed by atoms with Gasteiger partial charge in [-0.3, -0.25) is 72.3 Å². The number of carboxylic acid groups (broad SMARTS) is 4. The largest absolute Gasteiger partial charge is 0.510 e. The number of hydrogen-bond acceptors (Lipinski definition) is 22. The van der Waals surface area contributed by atoms with Crippen molar-refractivity contribution in [2.24, 2.45) is 5.73 Å². The standard InChI is InChI=1S/C65H88N14O19S2/c1-38(80)56-64(96)73-51(63(95)75-57(39(2)81)65(97)98)37-100-99-36-50(72-59(91)47(28-40-10-4-3-5-11-40)68-52(83)32-76-20-22-77(33-53(84)85)24-26-79(35-55(88)89)27-25-78(23-21-76)34-54(86)87)62(94)70-48(29-41-15-17-43(82)18-16-41)60(92)71-49(30-42-31-67-45-13-7-6-12-44(42)45)61(93)69-46(58(90)74-56)14-8-9-19-66/h3-7,10-13,15-18,31,39,46-51,56-57,67,80-82H,1,8-9,14,19-30,32-37,66H2,2H3,(H,68,83)(H,69,93)(H,70,94)(H,71,92)(H,72,91)(H,73,96)(H,74,90)(H,75,95)(H,84,85)(H,86,87)(H,88,89)(H,97,98)/t39-,46+,47-,48?,49-,50+,51+,56+,57+/m1/s1. The number of phenolic OH excluding ortho intramolecular Hbond substituents is 1. The first kappa shape index (κ1) is 79.6. The lowest BCUT2D eigenvalue weighted by molar-refractivity contribution is -0.145. The molecule has 1 unspecified atom stereocenters. The van der Waals surface area contributed by atoms with Crippen LogP contribution in [-0.2, 0) is 76.8 Å². The third-order valence-electron chi connectivity index (χ3n) is 16.4. The SMILES string of the molecule is C=C(O)[C@@H]1NC(=O)[C@H](CCCCN)NC(=O)[C@@H](Cc2c[nH]c3ccccc23)NC(=O)C(Cc2ccc(O)cc2)NC(=O)[C@@H](NC(=O)[C@@H](Cc2ccccc2)NC(=O)CN2CCN(CC(=O)O)CCN(CC(=O)O)CCN(CC(=O)O)CC2)CSSC[C@@H](C(=O)N[C@H](C(=O)O)[C@@H](C)O)NC1=O. The van der Waals surface area contributed by atoms with Gasteiger partial charge in [-0.05, 0) is 67.6 Å².